The molecule has 164 valence electrons. The van der Waals surface area contributed by atoms with Gasteiger partial charge in [-0.3, -0.25) is 4.79 Å². The number of ketones is 1. The lowest BCUT2D eigenvalue weighted by Crippen LogP contribution is -2.38. The van der Waals surface area contributed by atoms with E-state index >= 15 is 0 Å². The second-order valence-corrected chi connectivity index (χ2v) is 7.55. The molecule has 2 heterocycles. The van der Waals surface area contributed by atoms with Crippen molar-refractivity contribution in [1.29, 1.82) is 0 Å². The van der Waals surface area contributed by atoms with E-state index in [9.17, 15) is 18.7 Å². The summed E-state index contributed by atoms with van der Waals surface area (Å²) in [6, 6.07) is 9.83. The fourth-order valence-corrected chi connectivity index (χ4v) is 3.55. The van der Waals surface area contributed by atoms with E-state index in [1.807, 2.05) is 0 Å². The van der Waals surface area contributed by atoms with Crippen molar-refractivity contribution in [2.45, 2.75) is 31.9 Å². The normalized spacial score (nSPS) is 14.2. The van der Waals surface area contributed by atoms with Crippen molar-refractivity contribution in [2.24, 2.45) is 0 Å². The summed E-state index contributed by atoms with van der Waals surface area (Å²) in [7, 11) is 0. The Morgan fingerprint density at radius 1 is 1.19 bits per heavy atom. The molecule has 1 N–H and O–H groups in total. The van der Waals surface area contributed by atoms with Gasteiger partial charge in [-0.05, 0) is 37.3 Å². The summed E-state index contributed by atoms with van der Waals surface area (Å²) in [5, 5.41) is 23.9. The van der Waals surface area contributed by atoms with E-state index in [0.29, 0.717) is 16.9 Å². The zero-order chi connectivity index (χ0) is 22.9. The molecule has 32 heavy (non-hydrogen) atoms. The molecule has 8 nitrogen and oxygen atoms in total. The Balaban J connectivity index is 1.71. The van der Waals surface area contributed by atoms with E-state index < -0.39 is 23.2 Å². The molecule has 0 aliphatic carbocycles. The number of hydrogen-bond donors (Lipinski definition) is 1. The molecular formula is C22H20F2N6O2. The highest BCUT2D eigenvalue weighted by Crippen LogP contribution is 2.39. The predicted molar refractivity (Wildman–Crippen MR) is 110 cm³/mol. The molecule has 4 aromatic rings. The van der Waals surface area contributed by atoms with Gasteiger partial charge in [0.1, 0.15) is 29.9 Å². The van der Waals surface area contributed by atoms with E-state index in [2.05, 4.69) is 20.4 Å². The van der Waals surface area contributed by atoms with Crippen LogP contribution in [0.4, 0.5) is 8.78 Å². The molecule has 0 amide bonds. The van der Waals surface area contributed by atoms with Gasteiger partial charge in [0.25, 0.3) is 0 Å². The lowest BCUT2D eigenvalue weighted by molar-refractivity contribution is -0.0123. The van der Waals surface area contributed by atoms with Gasteiger partial charge in [0, 0.05) is 23.1 Å². The van der Waals surface area contributed by atoms with Crippen LogP contribution in [0.1, 0.15) is 41.4 Å². The average Bonchev–Trinajstić information content (AvgIpc) is 3.45. The lowest BCUT2D eigenvalue weighted by atomic mass is 9.80. The molecule has 0 bridgehead atoms. The summed E-state index contributed by atoms with van der Waals surface area (Å²) >= 11 is 0. The number of hydrogen-bond acceptors (Lipinski definition) is 6. The van der Waals surface area contributed by atoms with Crippen LogP contribution in [0.15, 0.2) is 61.3 Å². The van der Waals surface area contributed by atoms with Crippen LogP contribution < -0.4 is 0 Å². The quantitative estimate of drug-likeness (QED) is 0.446. The summed E-state index contributed by atoms with van der Waals surface area (Å²) < 4.78 is 31.1. The molecule has 0 saturated carbocycles. The summed E-state index contributed by atoms with van der Waals surface area (Å²) in [5.41, 5.74) is -0.315. The lowest BCUT2D eigenvalue weighted by Gasteiger charge is -2.33. The Hall–Kier alpha value is -3.79. The average molecular weight is 438 g/mol. The van der Waals surface area contributed by atoms with Crippen LogP contribution in [0.3, 0.4) is 0 Å². The summed E-state index contributed by atoms with van der Waals surface area (Å²) in [6.45, 7) is 3.01. The molecule has 4 rings (SSSR count). The maximum Gasteiger partial charge on any atom is 0.159 e. The zero-order valence-electron chi connectivity index (χ0n) is 17.4. The van der Waals surface area contributed by atoms with Crippen LogP contribution in [0, 0.1) is 11.6 Å². The number of Topliss-reactive ketones (excluding diaryl/α,β-unsaturated/α-hetero) is 1. The predicted octanol–water partition coefficient (Wildman–Crippen LogP) is 3.03. The molecule has 10 heteroatoms. The molecule has 0 radical (unpaired) electrons. The number of aliphatic hydroxyl groups is 1. The standard InChI is InChI=1S/C22H20F2N6O2/c1-14(21-10-30(28-27-21)18-6-3-16(4-7-18)15(2)31)22(32,11-29-13-25-12-26-29)19-8-5-17(23)9-20(19)24/h3-10,12-14,32H,11H2,1-2H3. The van der Waals surface area contributed by atoms with Crippen molar-refractivity contribution in [3.05, 3.63) is 89.8 Å². The fraction of sp³-hybridized carbons (Fsp3) is 0.227. The van der Waals surface area contributed by atoms with Crippen molar-refractivity contribution in [3.63, 3.8) is 0 Å². The SMILES string of the molecule is CC(=O)c1ccc(-n2cc(C(C)C(O)(Cn3cncn3)c3ccc(F)cc3F)nn2)cc1. The van der Waals surface area contributed by atoms with Gasteiger partial charge in [-0.1, -0.05) is 18.2 Å². The van der Waals surface area contributed by atoms with Gasteiger partial charge < -0.3 is 5.11 Å². The van der Waals surface area contributed by atoms with Gasteiger partial charge in [0.05, 0.1) is 24.1 Å². The Morgan fingerprint density at radius 2 is 1.94 bits per heavy atom. The number of halogens is 2. The minimum Gasteiger partial charge on any atom is -0.382 e. The van der Waals surface area contributed by atoms with Crippen LogP contribution in [-0.2, 0) is 12.1 Å². The Morgan fingerprint density at radius 3 is 2.56 bits per heavy atom. The van der Waals surface area contributed by atoms with Gasteiger partial charge in [-0.2, -0.15) is 5.10 Å². The number of carbonyl (C=O) groups is 1. The van der Waals surface area contributed by atoms with Crippen LogP contribution in [0.2, 0.25) is 0 Å². The molecule has 0 aliphatic rings. The Bertz CT molecular complexity index is 1240. The van der Waals surface area contributed by atoms with Gasteiger partial charge in [0.2, 0.25) is 0 Å². The zero-order valence-corrected chi connectivity index (χ0v) is 17.4. The van der Waals surface area contributed by atoms with Crippen LogP contribution in [-0.4, -0.2) is 40.6 Å². The van der Waals surface area contributed by atoms with E-state index in [-0.39, 0.29) is 17.9 Å². The summed E-state index contributed by atoms with van der Waals surface area (Å²) in [6.07, 6.45) is 4.31. The van der Waals surface area contributed by atoms with E-state index in [4.69, 9.17) is 0 Å². The van der Waals surface area contributed by atoms with E-state index in [0.717, 1.165) is 12.1 Å². The molecule has 0 aliphatic heterocycles. The maximum absolute atomic E-state index is 14.7. The van der Waals surface area contributed by atoms with Crippen molar-refractivity contribution in [1.82, 2.24) is 29.8 Å². The van der Waals surface area contributed by atoms with Crippen LogP contribution in [0.5, 0.6) is 0 Å². The first-order chi connectivity index (χ1) is 15.3. The monoisotopic (exact) mass is 438 g/mol. The van der Waals surface area contributed by atoms with Crippen molar-refractivity contribution in [2.75, 3.05) is 0 Å². The fourth-order valence-electron chi connectivity index (χ4n) is 3.55. The third-order valence-corrected chi connectivity index (χ3v) is 5.48. The molecule has 0 saturated heterocycles. The minimum atomic E-state index is -1.83. The largest absolute Gasteiger partial charge is 0.382 e. The third kappa shape index (κ3) is 4.04. The number of aromatic nitrogens is 6. The smallest absolute Gasteiger partial charge is 0.159 e. The number of benzene rings is 2. The number of nitrogens with zero attached hydrogens (tertiary/aromatic N) is 6. The Labute approximate surface area is 182 Å². The van der Waals surface area contributed by atoms with Gasteiger partial charge in [-0.15, -0.1) is 5.10 Å². The first kappa shape index (κ1) is 21.4. The molecular weight excluding hydrogens is 418 g/mol. The summed E-state index contributed by atoms with van der Waals surface area (Å²) in [4.78, 5) is 15.3. The van der Waals surface area contributed by atoms with Crippen LogP contribution in [0.25, 0.3) is 5.69 Å². The van der Waals surface area contributed by atoms with Crippen LogP contribution >= 0.6 is 0 Å². The maximum atomic E-state index is 14.7. The van der Waals surface area contributed by atoms with Gasteiger partial charge >= 0.3 is 0 Å². The second kappa shape index (κ2) is 8.39. The van der Waals surface area contributed by atoms with Crippen molar-refractivity contribution >= 4 is 5.78 Å². The number of rotatable bonds is 7. The second-order valence-electron chi connectivity index (χ2n) is 7.55. The van der Waals surface area contributed by atoms with Gasteiger partial charge in [0.15, 0.2) is 5.78 Å². The summed E-state index contributed by atoms with van der Waals surface area (Å²) in [5.74, 6) is -2.44. The topological polar surface area (TPSA) is 98.7 Å². The highest BCUT2D eigenvalue weighted by atomic mass is 19.1. The molecule has 0 fully saturated rings. The van der Waals surface area contributed by atoms with E-state index in [1.54, 1.807) is 37.4 Å². The van der Waals surface area contributed by atoms with Crippen molar-refractivity contribution in [3.8, 4) is 5.69 Å². The first-order valence-electron chi connectivity index (χ1n) is 9.82. The molecule has 2 atom stereocenters. The number of carbonyl (C=O) groups excluding carboxylic acids is 1. The van der Waals surface area contributed by atoms with E-state index in [1.165, 1.54) is 35.0 Å². The third-order valence-electron chi connectivity index (χ3n) is 5.48. The van der Waals surface area contributed by atoms with Crippen molar-refractivity contribution < 1.29 is 18.7 Å². The molecule has 2 unspecified atom stereocenters. The Kier molecular flexibility index (Phi) is 5.62. The van der Waals surface area contributed by atoms with Gasteiger partial charge in [-0.25, -0.2) is 23.1 Å². The molecule has 2 aromatic heterocycles. The molecule has 0 spiro atoms. The first-order valence-corrected chi connectivity index (χ1v) is 9.82. The highest BCUT2D eigenvalue weighted by Gasteiger charge is 2.41. The molecule has 2 aromatic carbocycles. The highest BCUT2D eigenvalue weighted by molar-refractivity contribution is 5.94. The minimum absolute atomic E-state index is 0.0519.